The summed E-state index contributed by atoms with van der Waals surface area (Å²) >= 11 is 0. The van der Waals surface area contributed by atoms with Gasteiger partial charge >= 0.3 is 0 Å². The monoisotopic (exact) mass is 143 g/mol. The maximum absolute atomic E-state index is 5.15. The van der Waals surface area contributed by atoms with Crippen molar-refractivity contribution >= 4 is 0 Å². The summed E-state index contributed by atoms with van der Waals surface area (Å²) in [6.45, 7) is 8.93. The van der Waals surface area contributed by atoms with Gasteiger partial charge in [-0.15, -0.1) is 0 Å². The summed E-state index contributed by atoms with van der Waals surface area (Å²) in [5.41, 5.74) is 0. The van der Waals surface area contributed by atoms with Crippen LogP contribution in [0, 0.1) is 0 Å². The zero-order valence-electron chi connectivity index (χ0n) is 6.97. The molecular formula is C8H17NO. The lowest BCUT2D eigenvalue weighted by atomic mass is 10.3. The molecule has 1 heterocycles. The van der Waals surface area contributed by atoms with Gasteiger partial charge in [-0.2, -0.15) is 0 Å². The average Bonchev–Trinajstić information content (AvgIpc) is 2.71. The molecule has 0 aromatic carbocycles. The Hall–Kier alpha value is -0.0800. The van der Waals surface area contributed by atoms with Crippen molar-refractivity contribution in [2.24, 2.45) is 0 Å². The minimum Gasteiger partial charge on any atom is -0.372 e. The smallest absolute Gasteiger partial charge is 0.0936 e. The summed E-state index contributed by atoms with van der Waals surface area (Å²) in [6.07, 6.45) is 1.81. The fourth-order valence-corrected chi connectivity index (χ4v) is 1.16. The number of likely N-dealkylation sites (N-methyl/N-ethyl adjacent to an activating group) is 1. The van der Waals surface area contributed by atoms with Gasteiger partial charge in [0.2, 0.25) is 0 Å². The molecule has 0 bridgehead atoms. The van der Waals surface area contributed by atoms with Gasteiger partial charge in [0.1, 0.15) is 0 Å². The maximum Gasteiger partial charge on any atom is 0.0936 e. The van der Waals surface area contributed by atoms with Crippen LogP contribution in [0.4, 0.5) is 0 Å². The lowest BCUT2D eigenvalue weighted by Gasteiger charge is -2.17. The van der Waals surface area contributed by atoms with E-state index >= 15 is 0 Å². The number of ether oxygens (including phenoxy) is 1. The molecule has 0 saturated carbocycles. The van der Waals surface area contributed by atoms with Crippen molar-refractivity contribution in [2.75, 3.05) is 26.2 Å². The molecule has 1 aliphatic heterocycles. The van der Waals surface area contributed by atoms with Gasteiger partial charge in [-0.1, -0.05) is 13.8 Å². The first kappa shape index (κ1) is 8.02. The molecule has 0 spiro atoms. The summed E-state index contributed by atoms with van der Waals surface area (Å²) in [4.78, 5) is 2.44. The van der Waals surface area contributed by atoms with E-state index in [0.717, 1.165) is 19.7 Å². The predicted molar refractivity (Wildman–Crippen MR) is 42.1 cm³/mol. The Morgan fingerprint density at radius 3 is 2.60 bits per heavy atom. The van der Waals surface area contributed by atoms with Crippen LogP contribution in [0.5, 0.6) is 0 Å². The SMILES string of the molecule is CCCN(CC)CC1CO1. The third-order valence-electron chi connectivity index (χ3n) is 1.85. The Morgan fingerprint density at radius 1 is 1.50 bits per heavy atom. The summed E-state index contributed by atoms with van der Waals surface area (Å²) in [7, 11) is 0. The fraction of sp³-hybridized carbons (Fsp3) is 1.00. The quantitative estimate of drug-likeness (QED) is 0.536. The largest absolute Gasteiger partial charge is 0.372 e. The molecule has 60 valence electrons. The minimum atomic E-state index is 0.562. The van der Waals surface area contributed by atoms with Gasteiger partial charge < -0.3 is 9.64 Å². The van der Waals surface area contributed by atoms with Gasteiger partial charge in [0.15, 0.2) is 0 Å². The molecule has 1 atom stereocenters. The summed E-state index contributed by atoms with van der Waals surface area (Å²) < 4.78 is 5.15. The van der Waals surface area contributed by atoms with E-state index in [1.807, 2.05) is 0 Å². The van der Waals surface area contributed by atoms with E-state index in [-0.39, 0.29) is 0 Å². The molecule has 1 rings (SSSR count). The van der Waals surface area contributed by atoms with Crippen molar-refractivity contribution in [3.05, 3.63) is 0 Å². The van der Waals surface area contributed by atoms with Crippen LogP contribution in [0.15, 0.2) is 0 Å². The second kappa shape index (κ2) is 3.94. The van der Waals surface area contributed by atoms with Crippen LogP contribution in [-0.2, 0) is 4.74 Å². The molecule has 0 aromatic rings. The van der Waals surface area contributed by atoms with Crippen LogP contribution in [0.1, 0.15) is 20.3 Å². The third kappa shape index (κ3) is 2.67. The first-order chi connectivity index (χ1) is 4.86. The Labute approximate surface area is 63.2 Å². The van der Waals surface area contributed by atoms with Crippen LogP contribution < -0.4 is 0 Å². The molecule has 2 heteroatoms. The van der Waals surface area contributed by atoms with Crippen molar-refractivity contribution in [3.8, 4) is 0 Å². The van der Waals surface area contributed by atoms with E-state index < -0.39 is 0 Å². The van der Waals surface area contributed by atoms with E-state index in [4.69, 9.17) is 4.74 Å². The van der Waals surface area contributed by atoms with Gasteiger partial charge in [-0.3, -0.25) is 0 Å². The van der Waals surface area contributed by atoms with Gasteiger partial charge in [0, 0.05) is 6.54 Å². The van der Waals surface area contributed by atoms with Gasteiger partial charge in [-0.05, 0) is 19.5 Å². The van der Waals surface area contributed by atoms with Crippen LogP contribution >= 0.6 is 0 Å². The fourth-order valence-electron chi connectivity index (χ4n) is 1.16. The molecule has 1 fully saturated rings. The molecule has 10 heavy (non-hydrogen) atoms. The predicted octanol–water partition coefficient (Wildman–Crippen LogP) is 1.12. The Morgan fingerprint density at radius 2 is 2.20 bits per heavy atom. The number of rotatable bonds is 5. The van der Waals surface area contributed by atoms with Crippen molar-refractivity contribution < 1.29 is 4.74 Å². The molecule has 1 aliphatic rings. The number of epoxide rings is 1. The number of hydrogen-bond acceptors (Lipinski definition) is 2. The van der Waals surface area contributed by atoms with E-state index in [0.29, 0.717) is 6.10 Å². The molecule has 0 aromatic heterocycles. The van der Waals surface area contributed by atoms with Crippen LogP contribution in [0.25, 0.3) is 0 Å². The minimum absolute atomic E-state index is 0.562. The van der Waals surface area contributed by atoms with Crippen molar-refractivity contribution in [1.82, 2.24) is 4.90 Å². The molecule has 0 amide bonds. The van der Waals surface area contributed by atoms with Crippen molar-refractivity contribution in [1.29, 1.82) is 0 Å². The number of nitrogens with zero attached hydrogens (tertiary/aromatic N) is 1. The van der Waals surface area contributed by atoms with Gasteiger partial charge in [0.05, 0.1) is 12.7 Å². The lowest BCUT2D eigenvalue weighted by molar-refractivity contribution is 0.252. The normalized spacial score (nSPS) is 23.7. The summed E-state index contributed by atoms with van der Waals surface area (Å²) in [6, 6.07) is 0. The van der Waals surface area contributed by atoms with E-state index in [1.54, 1.807) is 0 Å². The third-order valence-corrected chi connectivity index (χ3v) is 1.85. The molecule has 1 saturated heterocycles. The van der Waals surface area contributed by atoms with E-state index in [1.165, 1.54) is 13.0 Å². The topological polar surface area (TPSA) is 15.8 Å². The molecule has 2 nitrogen and oxygen atoms in total. The molecule has 0 aliphatic carbocycles. The first-order valence-corrected chi connectivity index (χ1v) is 4.20. The number of hydrogen-bond donors (Lipinski definition) is 0. The lowest BCUT2D eigenvalue weighted by Crippen LogP contribution is -2.28. The average molecular weight is 143 g/mol. The molecule has 0 N–H and O–H groups in total. The second-order valence-corrected chi connectivity index (χ2v) is 2.85. The Bertz CT molecular complexity index is 91.3. The van der Waals surface area contributed by atoms with Gasteiger partial charge in [-0.25, -0.2) is 0 Å². The highest BCUT2D eigenvalue weighted by molar-refractivity contribution is 4.73. The van der Waals surface area contributed by atoms with Gasteiger partial charge in [0.25, 0.3) is 0 Å². The van der Waals surface area contributed by atoms with E-state index in [2.05, 4.69) is 18.7 Å². The maximum atomic E-state index is 5.15. The Kier molecular flexibility index (Phi) is 3.16. The zero-order chi connectivity index (χ0) is 7.40. The molecule has 0 radical (unpaired) electrons. The van der Waals surface area contributed by atoms with Crippen molar-refractivity contribution in [2.45, 2.75) is 26.4 Å². The van der Waals surface area contributed by atoms with Crippen molar-refractivity contribution in [3.63, 3.8) is 0 Å². The highest BCUT2D eigenvalue weighted by atomic mass is 16.6. The Balaban J connectivity index is 2.05. The van der Waals surface area contributed by atoms with Crippen LogP contribution in [-0.4, -0.2) is 37.2 Å². The highest BCUT2D eigenvalue weighted by Gasteiger charge is 2.24. The first-order valence-electron chi connectivity index (χ1n) is 4.20. The van der Waals surface area contributed by atoms with E-state index in [9.17, 15) is 0 Å². The molecule has 1 unspecified atom stereocenters. The zero-order valence-corrected chi connectivity index (χ0v) is 6.97. The second-order valence-electron chi connectivity index (χ2n) is 2.85. The standard InChI is InChI=1S/C8H17NO/c1-3-5-9(4-2)6-8-7-10-8/h8H,3-7H2,1-2H3. The van der Waals surface area contributed by atoms with Crippen LogP contribution in [0.2, 0.25) is 0 Å². The highest BCUT2D eigenvalue weighted by Crippen LogP contribution is 2.10. The van der Waals surface area contributed by atoms with Crippen LogP contribution in [0.3, 0.4) is 0 Å². The summed E-state index contributed by atoms with van der Waals surface area (Å²) in [5, 5.41) is 0. The summed E-state index contributed by atoms with van der Waals surface area (Å²) in [5.74, 6) is 0. The molecular weight excluding hydrogens is 126 g/mol.